The number of pyridine rings is 1. The Morgan fingerprint density at radius 3 is 2.69 bits per heavy atom. The molecule has 1 unspecified atom stereocenters. The van der Waals surface area contributed by atoms with Gasteiger partial charge in [0.25, 0.3) is 0 Å². The number of aromatic nitrogens is 3. The number of benzene rings is 1. The van der Waals surface area contributed by atoms with E-state index in [9.17, 15) is 0 Å². The molecule has 2 aromatic heterocycles. The summed E-state index contributed by atoms with van der Waals surface area (Å²) in [5.41, 5.74) is 3.34. The van der Waals surface area contributed by atoms with Gasteiger partial charge >= 0.3 is 0 Å². The summed E-state index contributed by atoms with van der Waals surface area (Å²) in [5.74, 6) is 0.805. The van der Waals surface area contributed by atoms with Gasteiger partial charge in [0.1, 0.15) is 0 Å². The lowest BCUT2D eigenvalue weighted by Crippen LogP contribution is -2.41. The van der Waals surface area contributed by atoms with Crippen molar-refractivity contribution in [3.63, 3.8) is 0 Å². The first-order chi connectivity index (χ1) is 13.6. The summed E-state index contributed by atoms with van der Waals surface area (Å²) in [6, 6.07) is 10.4. The van der Waals surface area contributed by atoms with E-state index in [1.165, 1.54) is 11.1 Å². The van der Waals surface area contributed by atoms with Crippen molar-refractivity contribution in [1.82, 2.24) is 30.3 Å². The van der Waals surface area contributed by atoms with Gasteiger partial charge in [-0.15, -0.1) is 24.0 Å². The summed E-state index contributed by atoms with van der Waals surface area (Å²) >= 11 is 0. The molecule has 0 aliphatic carbocycles. The Bertz CT molecular complexity index is 930. The van der Waals surface area contributed by atoms with Crippen LogP contribution < -0.4 is 10.6 Å². The fourth-order valence-corrected chi connectivity index (χ4v) is 3.20. The van der Waals surface area contributed by atoms with Crippen molar-refractivity contribution in [1.29, 1.82) is 0 Å². The van der Waals surface area contributed by atoms with Gasteiger partial charge in [-0.3, -0.25) is 9.67 Å². The minimum absolute atomic E-state index is 0. The monoisotopic (exact) mass is 507 g/mol. The number of aliphatic imine (C=N–C) groups is 1. The first-order valence-electron chi connectivity index (χ1n) is 9.58. The van der Waals surface area contributed by atoms with Crippen molar-refractivity contribution >= 4 is 40.8 Å². The molecule has 0 bridgehead atoms. The predicted molar refractivity (Wildman–Crippen MR) is 130 cm³/mol. The third-order valence-electron chi connectivity index (χ3n) is 4.69. The minimum atomic E-state index is 0. The molecule has 0 fully saturated rings. The summed E-state index contributed by atoms with van der Waals surface area (Å²) in [4.78, 5) is 11.4. The molecule has 29 heavy (non-hydrogen) atoms. The molecule has 0 saturated heterocycles. The smallest absolute Gasteiger partial charge is 0.191 e. The molecular weight excluding hydrogens is 477 g/mol. The van der Waals surface area contributed by atoms with Crippen LogP contribution in [0.25, 0.3) is 10.9 Å². The molecule has 2 N–H and O–H groups in total. The zero-order valence-electron chi connectivity index (χ0n) is 17.5. The van der Waals surface area contributed by atoms with Gasteiger partial charge in [0.05, 0.1) is 24.3 Å². The number of fused-ring (bicyclic) bond motifs is 1. The van der Waals surface area contributed by atoms with Gasteiger partial charge < -0.3 is 15.5 Å². The van der Waals surface area contributed by atoms with Gasteiger partial charge in [0.2, 0.25) is 0 Å². The van der Waals surface area contributed by atoms with Crippen LogP contribution in [0.5, 0.6) is 0 Å². The fourth-order valence-electron chi connectivity index (χ4n) is 3.20. The summed E-state index contributed by atoms with van der Waals surface area (Å²) < 4.78 is 1.83. The lowest BCUT2D eigenvalue weighted by atomic mass is 10.1. The SMILES string of the molecule is CCNC(=NCc1ccnc2ccccc12)NCC(c1cnn(C)c1)N(C)C.I. The van der Waals surface area contributed by atoms with E-state index in [2.05, 4.69) is 58.9 Å². The van der Waals surface area contributed by atoms with E-state index in [1.54, 1.807) is 0 Å². The molecule has 2 heterocycles. The summed E-state index contributed by atoms with van der Waals surface area (Å²) in [5, 5.41) is 12.3. The maximum atomic E-state index is 4.79. The van der Waals surface area contributed by atoms with E-state index in [0.29, 0.717) is 6.54 Å². The Kier molecular flexibility index (Phi) is 8.84. The first kappa shape index (κ1) is 23.1. The average Bonchev–Trinajstić information content (AvgIpc) is 3.11. The summed E-state index contributed by atoms with van der Waals surface area (Å²) in [6.45, 7) is 4.21. The number of likely N-dealkylation sites (N-methyl/N-ethyl adjacent to an activating group) is 1. The molecule has 1 atom stereocenters. The Balaban J connectivity index is 0.00000300. The molecule has 3 rings (SSSR count). The van der Waals surface area contributed by atoms with E-state index in [1.807, 2.05) is 48.4 Å². The molecule has 7 nitrogen and oxygen atoms in total. The summed E-state index contributed by atoms with van der Waals surface area (Å²) in [6.07, 6.45) is 5.82. The van der Waals surface area contributed by atoms with Crippen molar-refractivity contribution in [3.8, 4) is 0 Å². The standard InChI is InChI=1S/C21H29N7.HI/c1-5-22-21(25-14-20(27(2)3)17-13-26-28(4)15-17)24-12-16-10-11-23-19-9-7-6-8-18(16)19;/h6-11,13,15,20H,5,12,14H2,1-4H3,(H2,22,24,25);1H. The zero-order chi connectivity index (χ0) is 19.9. The number of nitrogens with one attached hydrogen (secondary N) is 2. The molecule has 0 aliphatic rings. The quantitative estimate of drug-likeness (QED) is 0.293. The normalized spacial score (nSPS) is 12.7. The Labute approximate surface area is 189 Å². The maximum Gasteiger partial charge on any atom is 0.191 e. The number of rotatable bonds is 7. The largest absolute Gasteiger partial charge is 0.357 e. The molecule has 0 amide bonds. The van der Waals surface area contributed by atoms with Crippen molar-refractivity contribution in [2.45, 2.75) is 19.5 Å². The van der Waals surface area contributed by atoms with E-state index in [0.717, 1.165) is 30.0 Å². The molecule has 156 valence electrons. The maximum absolute atomic E-state index is 4.79. The predicted octanol–water partition coefficient (Wildman–Crippen LogP) is 2.94. The average molecular weight is 507 g/mol. The van der Waals surface area contributed by atoms with Crippen LogP contribution in [0.3, 0.4) is 0 Å². The van der Waals surface area contributed by atoms with Crippen LogP contribution in [-0.2, 0) is 13.6 Å². The van der Waals surface area contributed by atoms with Crippen molar-refractivity contribution in [2.24, 2.45) is 12.0 Å². The lowest BCUT2D eigenvalue weighted by Gasteiger charge is -2.24. The van der Waals surface area contributed by atoms with Gasteiger partial charge in [-0.1, -0.05) is 18.2 Å². The molecular formula is C21H30IN7. The highest BCUT2D eigenvalue weighted by molar-refractivity contribution is 14.0. The van der Waals surface area contributed by atoms with Crippen LogP contribution in [0.4, 0.5) is 0 Å². The van der Waals surface area contributed by atoms with Gasteiger partial charge in [-0.2, -0.15) is 5.10 Å². The second kappa shape index (κ2) is 11.1. The van der Waals surface area contributed by atoms with Gasteiger partial charge in [-0.05, 0) is 38.7 Å². The second-order valence-corrected chi connectivity index (χ2v) is 6.99. The number of aryl methyl sites for hydroxylation is 1. The number of hydrogen-bond donors (Lipinski definition) is 2. The number of guanidine groups is 1. The van der Waals surface area contributed by atoms with Crippen LogP contribution in [0.2, 0.25) is 0 Å². The second-order valence-electron chi connectivity index (χ2n) is 6.99. The van der Waals surface area contributed by atoms with Crippen LogP contribution in [-0.4, -0.2) is 52.8 Å². The Hall–Kier alpha value is -2.20. The number of para-hydroxylation sites is 1. The molecule has 0 aliphatic heterocycles. The van der Waals surface area contributed by atoms with Crippen molar-refractivity contribution < 1.29 is 0 Å². The topological polar surface area (TPSA) is 70.4 Å². The molecule has 1 aromatic carbocycles. The number of hydrogen-bond acceptors (Lipinski definition) is 4. The van der Waals surface area contributed by atoms with Gasteiger partial charge in [0, 0.05) is 43.5 Å². The highest BCUT2D eigenvalue weighted by atomic mass is 127. The van der Waals surface area contributed by atoms with E-state index >= 15 is 0 Å². The molecule has 0 radical (unpaired) electrons. The number of nitrogens with zero attached hydrogens (tertiary/aromatic N) is 5. The molecule has 0 saturated carbocycles. The minimum Gasteiger partial charge on any atom is -0.357 e. The lowest BCUT2D eigenvalue weighted by molar-refractivity contribution is 0.298. The third-order valence-corrected chi connectivity index (χ3v) is 4.69. The van der Waals surface area contributed by atoms with E-state index in [-0.39, 0.29) is 30.0 Å². The van der Waals surface area contributed by atoms with Crippen molar-refractivity contribution in [3.05, 3.63) is 60.0 Å². The molecule has 8 heteroatoms. The van der Waals surface area contributed by atoms with E-state index < -0.39 is 0 Å². The van der Waals surface area contributed by atoms with Gasteiger partial charge in [0.15, 0.2) is 5.96 Å². The van der Waals surface area contributed by atoms with Crippen LogP contribution in [0.15, 0.2) is 53.9 Å². The molecule has 0 spiro atoms. The van der Waals surface area contributed by atoms with Crippen molar-refractivity contribution in [2.75, 3.05) is 27.2 Å². The number of halogens is 1. The first-order valence-corrected chi connectivity index (χ1v) is 9.58. The van der Waals surface area contributed by atoms with E-state index in [4.69, 9.17) is 4.99 Å². The highest BCUT2D eigenvalue weighted by Gasteiger charge is 2.16. The highest BCUT2D eigenvalue weighted by Crippen LogP contribution is 2.17. The Morgan fingerprint density at radius 2 is 2.00 bits per heavy atom. The summed E-state index contributed by atoms with van der Waals surface area (Å²) in [7, 11) is 6.09. The zero-order valence-corrected chi connectivity index (χ0v) is 19.8. The van der Waals surface area contributed by atoms with Crippen LogP contribution in [0.1, 0.15) is 24.1 Å². The Morgan fingerprint density at radius 1 is 1.21 bits per heavy atom. The van der Waals surface area contributed by atoms with Crippen LogP contribution in [0, 0.1) is 0 Å². The molecule has 3 aromatic rings. The van der Waals surface area contributed by atoms with Crippen LogP contribution >= 0.6 is 24.0 Å². The third kappa shape index (κ3) is 6.14. The van der Waals surface area contributed by atoms with Gasteiger partial charge in [-0.25, -0.2) is 4.99 Å². The fraction of sp³-hybridized carbons (Fsp3) is 0.381.